The van der Waals surface area contributed by atoms with Gasteiger partial charge in [-0.05, 0) is 32.6 Å². The summed E-state index contributed by atoms with van der Waals surface area (Å²) in [5.74, 6) is 0.802. The van der Waals surface area contributed by atoms with Crippen LogP contribution in [0.1, 0.15) is 43.0 Å². The zero-order chi connectivity index (χ0) is 18.1. The van der Waals surface area contributed by atoms with Crippen LogP contribution in [0.2, 0.25) is 0 Å². The number of rotatable bonds is 3. The van der Waals surface area contributed by atoms with Crippen molar-refractivity contribution in [3.05, 3.63) is 33.9 Å². The fourth-order valence-electron chi connectivity index (χ4n) is 3.76. The summed E-state index contributed by atoms with van der Waals surface area (Å²) in [6.45, 7) is 3.84. The number of H-pyrrole nitrogens is 1. The topological polar surface area (TPSA) is 101 Å². The van der Waals surface area contributed by atoms with Crippen molar-refractivity contribution >= 4 is 5.91 Å². The summed E-state index contributed by atoms with van der Waals surface area (Å²) in [7, 11) is 0. The number of likely N-dealkylation sites (tertiary alicyclic amines) is 1. The summed E-state index contributed by atoms with van der Waals surface area (Å²) in [5.41, 5.74) is 1.95. The summed E-state index contributed by atoms with van der Waals surface area (Å²) < 4.78 is 10.8. The molecule has 8 nitrogen and oxygen atoms in total. The molecule has 1 N–H and O–H groups in total. The van der Waals surface area contributed by atoms with Crippen molar-refractivity contribution in [2.24, 2.45) is 0 Å². The van der Waals surface area contributed by atoms with Crippen molar-refractivity contribution in [3.63, 3.8) is 0 Å². The second-order valence-corrected chi connectivity index (χ2v) is 6.96. The van der Waals surface area contributed by atoms with Crippen LogP contribution in [0.15, 0.2) is 21.5 Å². The molecule has 4 heterocycles. The summed E-state index contributed by atoms with van der Waals surface area (Å²) in [5, 5.41) is 10.7. The molecule has 2 aliphatic rings. The predicted octanol–water partition coefficient (Wildman–Crippen LogP) is 1.62. The van der Waals surface area contributed by atoms with Gasteiger partial charge in [-0.3, -0.25) is 9.59 Å². The summed E-state index contributed by atoms with van der Waals surface area (Å²) in [4.78, 5) is 26.1. The molecule has 0 aromatic carbocycles. The van der Waals surface area contributed by atoms with Gasteiger partial charge >= 0.3 is 0 Å². The van der Waals surface area contributed by atoms with Crippen LogP contribution in [0.4, 0.5) is 0 Å². The van der Waals surface area contributed by atoms with E-state index < -0.39 is 0 Å². The van der Waals surface area contributed by atoms with E-state index >= 15 is 0 Å². The lowest BCUT2D eigenvalue weighted by Crippen LogP contribution is -2.43. The van der Waals surface area contributed by atoms with E-state index in [4.69, 9.17) is 9.26 Å². The minimum absolute atomic E-state index is 0.0986. The van der Waals surface area contributed by atoms with Gasteiger partial charge in [0.1, 0.15) is 6.10 Å². The quantitative estimate of drug-likeness (QED) is 0.895. The lowest BCUT2D eigenvalue weighted by Gasteiger charge is -2.33. The lowest BCUT2D eigenvalue weighted by atomic mass is 9.90. The Kier molecular flexibility index (Phi) is 4.58. The first-order valence-corrected chi connectivity index (χ1v) is 9.05. The number of nitrogens with zero attached hydrogens (tertiary/aromatic N) is 3. The highest BCUT2D eigenvalue weighted by Crippen LogP contribution is 2.33. The Labute approximate surface area is 150 Å². The van der Waals surface area contributed by atoms with Crippen LogP contribution in [-0.4, -0.2) is 52.0 Å². The van der Waals surface area contributed by atoms with Gasteiger partial charge in [-0.25, -0.2) is 5.10 Å². The van der Waals surface area contributed by atoms with E-state index in [2.05, 4.69) is 15.4 Å². The molecule has 2 aromatic rings. The van der Waals surface area contributed by atoms with Gasteiger partial charge in [-0.2, -0.15) is 5.10 Å². The van der Waals surface area contributed by atoms with Crippen molar-refractivity contribution in [3.8, 4) is 11.3 Å². The third-order valence-electron chi connectivity index (χ3n) is 5.13. The molecule has 2 aromatic heterocycles. The molecule has 8 heteroatoms. The summed E-state index contributed by atoms with van der Waals surface area (Å²) in [6.07, 6.45) is 3.07. The number of ether oxygens (including phenoxy) is 1. The predicted molar refractivity (Wildman–Crippen MR) is 92.6 cm³/mol. The minimum Gasteiger partial charge on any atom is -0.368 e. The number of amides is 1. The first-order valence-electron chi connectivity index (χ1n) is 9.05. The molecule has 0 saturated carbocycles. The molecule has 0 aliphatic carbocycles. The minimum atomic E-state index is -0.274. The first kappa shape index (κ1) is 17.0. The maximum Gasteiger partial charge on any atom is 0.264 e. The van der Waals surface area contributed by atoms with Gasteiger partial charge in [-0.15, -0.1) is 0 Å². The molecule has 2 saturated heterocycles. The number of nitrogens with one attached hydrogen (secondary N) is 1. The van der Waals surface area contributed by atoms with Crippen molar-refractivity contribution in [1.82, 2.24) is 20.3 Å². The highest BCUT2D eigenvalue weighted by molar-refractivity contribution is 5.81. The van der Waals surface area contributed by atoms with E-state index in [0.717, 1.165) is 37.1 Å². The van der Waals surface area contributed by atoms with Gasteiger partial charge in [0, 0.05) is 43.3 Å². The Morgan fingerprint density at radius 3 is 2.73 bits per heavy atom. The van der Waals surface area contributed by atoms with E-state index in [0.29, 0.717) is 31.0 Å². The lowest BCUT2D eigenvalue weighted by molar-refractivity contribution is -0.142. The van der Waals surface area contributed by atoms with Gasteiger partial charge in [0.05, 0.1) is 11.4 Å². The number of hydrogen-bond acceptors (Lipinski definition) is 6. The largest absolute Gasteiger partial charge is 0.368 e. The third-order valence-corrected chi connectivity index (χ3v) is 5.13. The molecular weight excluding hydrogens is 336 g/mol. The number of hydrogen-bond donors (Lipinski definition) is 1. The van der Waals surface area contributed by atoms with Crippen molar-refractivity contribution in [2.45, 2.75) is 44.6 Å². The molecule has 0 unspecified atom stereocenters. The molecule has 26 heavy (non-hydrogen) atoms. The van der Waals surface area contributed by atoms with E-state index in [1.165, 1.54) is 6.07 Å². The Morgan fingerprint density at radius 1 is 1.27 bits per heavy atom. The Morgan fingerprint density at radius 2 is 2.08 bits per heavy atom. The number of carbonyl (C=O) groups is 1. The zero-order valence-electron chi connectivity index (χ0n) is 14.7. The maximum absolute atomic E-state index is 12.5. The van der Waals surface area contributed by atoms with Crippen LogP contribution < -0.4 is 5.56 Å². The smallest absolute Gasteiger partial charge is 0.264 e. The second-order valence-electron chi connectivity index (χ2n) is 6.96. The van der Waals surface area contributed by atoms with Crippen molar-refractivity contribution in [2.75, 3.05) is 19.7 Å². The van der Waals surface area contributed by atoms with Crippen LogP contribution in [-0.2, 0) is 9.53 Å². The van der Waals surface area contributed by atoms with Gasteiger partial charge in [0.15, 0.2) is 5.76 Å². The van der Waals surface area contributed by atoms with E-state index in [1.807, 2.05) is 11.8 Å². The molecule has 138 valence electrons. The Balaban J connectivity index is 1.51. The zero-order valence-corrected chi connectivity index (χ0v) is 14.7. The van der Waals surface area contributed by atoms with Crippen LogP contribution in [0.5, 0.6) is 0 Å². The average molecular weight is 358 g/mol. The summed E-state index contributed by atoms with van der Waals surface area (Å²) in [6, 6.07) is 3.31. The number of piperidine rings is 1. The van der Waals surface area contributed by atoms with E-state index in [1.54, 1.807) is 6.07 Å². The monoisotopic (exact) mass is 358 g/mol. The maximum atomic E-state index is 12.5. The number of aromatic nitrogens is 3. The van der Waals surface area contributed by atoms with Gasteiger partial charge in [-0.1, -0.05) is 5.16 Å². The van der Waals surface area contributed by atoms with Gasteiger partial charge < -0.3 is 14.2 Å². The Hall–Kier alpha value is -2.48. The fraction of sp³-hybridized carbons (Fsp3) is 0.556. The van der Waals surface area contributed by atoms with Gasteiger partial charge in [0.25, 0.3) is 11.5 Å². The normalized spacial score (nSPS) is 21.3. The summed E-state index contributed by atoms with van der Waals surface area (Å²) >= 11 is 0. The molecule has 1 atom stereocenters. The number of aromatic amines is 1. The average Bonchev–Trinajstić information content (AvgIpc) is 3.33. The standard InChI is InChI=1S/C18H22N4O4/c1-11-9-15(26-21-11)13-10-16(23)19-20-17(13)12-4-6-22(7-5-12)18(24)14-3-2-8-25-14/h9-10,12,14H,2-8H2,1H3,(H,19,23)/t14-/m1/s1. The molecule has 4 rings (SSSR count). The van der Waals surface area contributed by atoms with Crippen LogP contribution in [0.3, 0.4) is 0 Å². The highest BCUT2D eigenvalue weighted by Gasteiger charge is 2.32. The first-order chi connectivity index (χ1) is 12.6. The number of aryl methyl sites for hydroxylation is 1. The van der Waals surface area contributed by atoms with Crippen LogP contribution in [0, 0.1) is 6.92 Å². The molecule has 1 amide bonds. The number of carbonyl (C=O) groups excluding carboxylic acids is 1. The van der Waals surface area contributed by atoms with E-state index in [9.17, 15) is 9.59 Å². The van der Waals surface area contributed by atoms with Gasteiger partial charge in [0.2, 0.25) is 0 Å². The fourth-order valence-corrected chi connectivity index (χ4v) is 3.76. The molecule has 2 fully saturated rings. The van der Waals surface area contributed by atoms with Crippen molar-refractivity contribution < 1.29 is 14.1 Å². The SMILES string of the molecule is Cc1cc(-c2cc(=O)[nH]nc2C2CCN(C(=O)[C@H]3CCCO3)CC2)on1. The molecule has 0 radical (unpaired) electrons. The molecule has 0 spiro atoms. The van der Waals surface area contributed by atoms with Crippen LogP contribution in [0.25, 0.3) is 11.3 Å². The third kappa shape index (κ3) is 3.29. The molecule has 0 bridgehead atoms. The molecular formula is C18H22N4O4. The molecule has 2 aliphatic heterocycles. The van der Waals surface area contributed by atoms with Crippen LogP contribution >= 0.6 is 0 Å². The van der Waals surface area contributed by atoms with E-state index in [-0.39, 0.29) is 23.5 Å². The highest BCUT2D eigenvalue weighted by atomic mass is 16.5. The Bertz CT molecular complexity index is 845. The van der Waals surface area contributed by atoms with Crippen molar-refractivity contribution in [1.29, 1.82) is 0 Å². The second kappa shape index (κ2) is 7.03.